The van der Waals surface area contributed by atoms with Crippen LogP contribution in [0.1, 0.15) is 28.6 Å². The molecule has 0 aliphatic rings. The maximum atomic E-state index is 10.9. The lowest BCUT2D eigenvalue weighted by molar-refractivity contribution is -0.140. The first-order valence-corrected chi connectivity index (χ1v) is 8.41. The molecule has 0 heterocycles. The first-order chi connectivity index (χ1) is 8.97. The van der Waals surface area contributed by atoms with Crippen LogP contribution >= 0.6 is 21.6 Å². The second-order valence-corrected chi connectivity index (χ2v) is 5.75. The van der Waals surface area contributed by atoms with Crippen molar-refractivity contribution in [2.24, 2.45) is 0 Å². The second kappa shape index (κ2) is 13.5. The number of amides is 2. The summed E-state index contributed by atoms with van der Waals surface area (Å²) in [6, 6.07) is -0.884. The first kappa shape index (κ1) is 20.4. The Kier molecular flexibility index (Phi) is 14.6. The Morgan fingerprint density at radius 2 is 1.84 bits per heavy atom. The van der Waals surface area contributed by atoms with Crippen LogP contribution in [0.25, 0.3) is 0 Å². The average molecular weight is 313 g/mol. The van der Waals surface area contributed by atoms with Gasteiger partial charge in [0.05, 0.1) is 0 Å². The molecule has 114 valence electrons. The van der Waals surface area contributed by atoms with Gasteiger partial charge in [0, 0.05) is 33.3 Å². The summed E-state index contributed by atoms with van der Waals surface area (Å²) in [7, 11) is 4.30. The molecule has 6 nitrogen and oxygen atoms in total. The fourth-order valence-corrected chi connectivity index (χ4v) is 3.00. The molecule has 19 heavy (non-hydrogen) atoms. The van der Waals surface area contributed by atoms with Gasteiger partial charge in [0.2, 0.25) is 11.8 Å². The predicted octanol–water partition coefficient (Wildman–Crippen LogP) is 1.37. The highest BCUT2D eigenvalue weighted by Crippen LogP contribution is 2.22. The maximum absolute atomic E-state index is 10.9. The number of carbonyl (C=O) groups is 3. The summed E-state index contributed by atoms with van der Waals surface area (Å²) < 4.78 is 0. The van der Waals surface area contributed by atoms with Crippen LogP contribution in [0.2, 0.25) is 0 Å². The van der Waals surface area contributed by atoms with E-state index in [1.807, 2.05) is 13.8 Å². The molecular formula is C11H24N2O4S2. The van der Waals surface area contributed by atoms with Crippen LogP contribution < -0.4 is 10.6 Å². The predicted molar refractivity (Wildman–Crippen MR) is 82.3 cm³/mol. The van der Waals surface area contributed by atoms with Crippen LogP contribution in [0.5, 0.6) is 0 Å². The van der Waals surface area contributed by atoms with Gasteiger partial charge in [-0.1, -0.05) is 35.4 Å². The van der Waals surface area contributed by atoms with Gasteiger partial charge in [0.25, 0.3) is 0 Å². The molecule has 0 saturated heterocycles. The van der Waals surface area contributed by atoms with E-state index in [0.717, 1.165) is 0 Å². The summed E-state index contributed by atoms with van der Waals surface area (Å²) >= 11 is 0. The summed E-state index contributed by atoms with van der Waals surface area (Å²) in [5, 5.41) is 13.6. The normalized spacial score (nSPS) is 10.7. The number of carboxylic acid groups (broad SMARTS) is 1. The topological polar surface area (TPSA) is 95.5 Å². The summed E-state index contributed by atoms with van der Waals surface area (Å²) in [6.45, 7) is 5.28. The first-order valence-electron chi connectivity index (χ1n) is 5.92. The summed E-state index contributed by atoms with van der Waals surface area (Å²) in [4.78, 5) is 32.4. The van der Waals surface area contributed by atoms with Crippen molar-refractivity contribution in [1.82, 2.24) is 10.6 Å². The molecule has 0 fully saturated rings. The molecule has 2 amide bonds. The third kappa shape index (κ3) is 13.3. The van der Waals surface area contributed by atoms with Gasteiger partial charge in [-0.25, -0.2) is 4.79 Å². The van der Waals surface area contributed by atoms with Crippen LogP contribution in [0, 0.1) is 0 Å². The van der Waals surface area contributed by atoms with Gasteiger partial charge >= 0.3 is 5.97 Å². The summed E-state index contributed by atoms with van der Waals surface area (Å²) in [5.74, 6) is -0.591. The van der Waals surface area contributed by atoms with Crippen LogP contribution in [0.4, 0.5) is 0 Å². The minimum absolute atomic E-state index is 0. The van der Waals surface area contributed by atoms with Crippen LogP contribution in [0.15, 0.2) is 0 Å². The van der Waals surface area contributed by atoms with Crippen LogP contribution in [0.3, 0.4) is 0 Å². The molecule has 0 aromatic carbocycles. The molecular weight excluding hydrogens is 288 g/mol. The Hall–Kier alpha value is -0.890. The van der Waals surface area contributed by atoms with E-state index < -0.39 is 12.0 Å². The number of hydrogen-bond donors (Lipinski definition) is 3. The van der Waals surface area contributed by atoms with E-state index in [-0.39, 0.29) is 19.0 Å². The summed E-state index contributed by atoms with van der Waals surface area (Å²) in [5.41, 5.74) is 0. The number of carbonyl (C=O) groups excluding carboxylic acids is 2. The Balaban J connectivity index is -0.000000916. The van der Waals surface area contributed by atoms with Gasteiger partial charge in [-0.05, 0) is 0 Å². The molecule has 0 aliphatic heterocycles. The van der Waals surface area contributed by atoms with E-state index >= 15 is 0 Å². The van der Waals surface area contributed by atoms with Crippen LogP contribution in [-0.2, 0) is 14.4 Å². The van der Waals surface area contributed by atoms with Crippen molar-refractivity contribution in [3.8, 4) is 0 Å². The highest BCUT2D eigenvalue weighted by Gasteiger charge is 2.18. The number of hydrogen-bond acceptors (Lipinski definition) is 5. The molecule has 0 aliphatic carbocycles. The van der Waals surface area contributed by atoms with Gasteiger partial charge in [0.15, 0.2) is 0 Å². The lowest BCUT2D eigenvalue weighted by Crippen LogP contribution is -2.41. The molecule has 1 unspecified atom stereocenters. The van der Waals surface area contributed by atoms with Gasteiger partial charge in [-0.15, -0.1) is 0 Å². The zero-order valence-electron chi connectivity index (χ0n) is 11.7. The van der Waals surface area contributed by atoms with E-state index in [1.54, 1.807) is 7.05 Å². The zero-order valence-corrected chi connectivity index (χ0v) is 13.3. The largest absolute Gasteiger partial charge is 0.480 e. The highest BCUT2D eigenvalue weighted by atomic mass is 33.1. The van der Waals surface area contributed by atoms with Crippen molar-refractivity contribution in [3.05, 3.63) is 0 Å². The molecule has 0 radical (unpaired) electrons. The van der Waals surface area contributed by atoms with E-state index in [1.165, 1.54) is 28.5 Å². The van der Waals surface area contributed by atoms with E-state index in [2.05, 4.69) is 10.6 Å². The lowest BCUT2D eigenvalue weighted by atomic mass is 10.3. The smallest absolute Gasteiger partial charge is 0.327 e. The number of nitrogens with one attached hydrogen (secondary N) is 2. The average Bonchev–Trinajstić information content (AvgIpc) is 2.38. The minimum Gasteiger partial charge on any atom is -0.480 e. The molecule has 0 aromatic heterocycles. The molecule has 0 spiro atoms. The Labute approximate surface area is 123 Å². The van der Waals surface area contributed by atoms with Crippen molar-refractivity contribution >= 4 is 39.4 Å². The van der Waals surface area contributed by atoms with Crippen molar-refractivity contribution < 1.29 is 20.9 Å². The van der Waals surface area contributed by atoms with E-state index in [0.29, 0.717) is 12.2 Å². The second-order valence-electron chi connectivity index (χ2n) is 3.12. The molecule has 3 N–H and O–H groups in total. The Morgan fingerprint density at radius 3 is 2.26 bits per heavy atom. The lowest BCUT2D eigenvalue weighted by Gasteiger charge is -2.11. The fourth-order valence-electron chi connectivity index (χ4n) is 0.854. The highest BCUT2D eigenvalue weighted by molar-refractivity contribution is 8.76. The van der Waals surface area contributed by atoms with Crippen molar-refractivity contribution in [2.45, 2.75) is 33.2 Å². The fraction of sp³-hybridized carbons (Fsp3) is 0.727. The molecule has 0 bridgehead atoms. The van der Waals surface area contributed by atoms with Gasteiger partial charge in [-0.3, -0.25) is 9.59 Å². The summed E-state index contributed by atoms with van der Waals surface area (Å²) in [6.07, 6.45) is 0.395. The van der Waals surface area contributed by atoms with Crippen molar-refractivity contribution in [2.75, 3.05) is 18.6 Å². The number of rotatable bonds is 8. The third-order valence-electron chi connectivity index (χ3n) is 1.68. The maximum Gasteiger partial charge on any atom is 0.327 e. The van der Waals surface area contributed by atoms with Gasteiger partial charge < -0.3 is 15.7 Å². The molecule has 0 aromatic rings. The minimum atomic E-state index is -1.06. The monoisotopic (exact) mass is 313 g/mol. The van der Waals surface area contributed by atoms with Gasteiger partial charge in [0.1, 0.15) is 6.04 Å². The standard InChI is InChI=1S/C9H16N2O4S2.C2H6.H2/c1-6(12)11-7(9(14)15)5-17-16-4-3-8(13)10-2;1-2;/h7H,3-5H2,1-2H3,(H,10,13)(H,11,12)(H,14,15);1-2H3;1H/i;;1+1. The van der Waals surface area contributed by atoms with Crippen LogP contribution in [-0.4, -0.2) is 47.5 Å². The van der Waals surface area contributed by atoms with Crippen molar-refractivity contribution in [1.29, 1.82) is 0 Å². The Morgan fingerprint density at radius 1 is 1.26 bits per heavy atom. The molecule has 1 atom stereocenters. The van der Waals surface area contributed by atoms with E-state index in [9.17, 15) is 14.4 Å². The zero-order chi connectivity index (χ0) is 15.3. The molecule has 0 saturated carbocycles. The quantitative estimate of drug-likeness (QED) is 0.463. The van der Waals surface area contributed by atoms with Gasteiger partial charge in [-0.2, -0.15) is 0 Å². The Bertz CT molecular complexity index is 294. The number of aliphatic carboxylic acids is 1. The van der Waals surface area contributed by atoms with E-state index in [4.69, 9.17) is 5.11 Å². The third-order valence-corrected chi connectivity index (χ3v) is 4.10. The molecule has 0 rings (SSSR count). The SMILES string of the molecule is CC.CNC(=O)CCSSCC(NC(C)=O)C(=O)O.[2HH]. The molecule has 8 heteroatoms. The number of carboxylic acids is 1. The van der Waals surface area contributed by atoms with Crippen molar-refractivity contribution in [3.63, 3.8) is 0 Å².